The van der Waals surface area contributed by atoms with Gasteiger partial charge in [0.25, 0.3) is 5.91 Å². The third kappa shape index (κ3) is 3.87. The second-order valence-corrected chi connectivity index (χ2v) is 6.52. The summed E-state index contributed by atoms with van der Waals surface area (Å²) in [4.78, 5) is 17.3. The molecule has 2 aromatic carbocycles. The number of nitrogens with one attached hydrogen (secondary N) is 2. The number of amides is 1. The first-order chi connectivity index (χ1) is 14.2. The van der Waals surface area contributed by atoms with Crippen LogP contribution in [0.2, 0.25) is 0 Å². The summed E-state index contributed by atoms with van der Waals surface area (Å²) in [5, 5.41) is 9.96. The van der Waals surface area contributed by atoms with Gasteiger partial charge in [0, 0.05) is 17.2 Å². The van der Waals surface area contributed by atoms with Crippen molar-refractivity contribution in [2.75, 3.05) is 12.4 Å². The summed E-state index contributed by atoms with van der Waals surface area (Å²) in [6.45, 7) is 1.83. The molecule has 0 spiro atoms. The van der Waals surface area contributed by atoms with Gasteiger partial charge >= 0.3 is 0 Å². The Morgan fingerprint density at radius 2 is 1.76 bits per heavy atom. The largest absolute Gasteiger partial charge is 0.496 e. The van der Waals surface area contributed by atoms with Crippen LogP contribution in [0.3, 0.4) is 0 Å². The van der Waals surface area contributed by atoms with Gasteiger partial charge in [-0.05, 0) is 31.2 Å². The van der Waals surface area contributed by atoms with Crippen molar-refractivity contribution in [2.24, 2.45) is 0 Å². The molecule has 0 saturated heterocycles. The Labute approximate surface area is 168 Å². The maximum Gasteiger partial charge on any atom is 0.258 e. The van der Waals surface area contributed by atoms with Gasteiger partial charge in [-0.2, -0.15) is 5.10 Å². The average molecular weight is 384 g/mol. The Balaban J connectivity index is 1.54. The molecule has 2 aromatic heterocycles. The van der Waals surface area contributed by atoms with Gasteiger partial charge in [0.1, 0.15) is 5.75 Å². The number of methoxy groups -OCH3 is 1. The Hall–Kier alpha value is -3.93. The van der Waals surface area contributed by atoms with Gasteiger partial charge in [-0.3, -0.25) is 14.9 Å². The standard InChI is InChI=1S/C23H20N4O2/c1-15-17(12-13-19(24-15)16-8-4-3-5-9-16)23(28)25-22-14-20(26-27-22)18-10-6-7-11-21(18)29-2/h3-14H,1-2H3,(H2,25,26,27,28). The molecule has 0 atom stereocenters. The van der Waals surface area contributed by atoms with E-state index in [9.17, 15) is 4.79 Å². The van der Waals surface area contributed by atoms with E-state index in [0.717, 1.165) is 28.3 Å². The zero-order chi connectivity index (χ0) is 20.2. The summed E-state index contributed by atoms with van der Waals surface area (Å²) in [6.07, 6.45) is 0. The van der Waals surface area contributed by atoms with Gasteiger partial charge in [-0.1, -0.05) is 42.5 Å². The first-order valence-electron chi connectivity index (χ1n) is 9.19. The number of hydrogen-bond donors (Lipinski definition) is 2. The lowest BCUT2D eigenvalue weighted by Crippen LogP contribution is -2.14. The zero-order valence-electron chi connectivity index (χ0n) is 16.1. The highest BCUT2D eigenvalue weighted by Crippen LogP contribution is 2.29. The van der Waals surface area contributed by atoms with E-state index < -0.39 is 0 Å². The highest BCUT2D eigenvalue weighted by molar-refractivity contribution is 6.04. The molecule has 0 saturated carbocycles. The molecule has 0 unspecified atom stereocenters. The number of carbonyl (C=O) groups is 1. The van der Waals surface area contributed by atoms with Gasteiger partial charge in [0.15, 0.2) is 5.82 Å². The predicted octanol–water partition coefficient (Wildman–Crippen LogP) is 4.71. The van der Waals surface area contributed by atoms with Crippen LogP contribution >= 0.6 is 0 Å². The van der Waals surface area contributed by atoms with Crippen molar-refractivity contribution in [1.29, 1.82) is 0 Å². The molecule has 0 bridgehead atoms. The fourth-order valence-electron chi connectivity index (χ4n) is 3.15. The topological polar surface area (TPSA) is 79.9 Å². The van der Waals surface area contributed by atoms with Crippen molar-refractivity contribution in [3.63, 3.8) is 0 Å². The van der Waals surface area contributed by atoms with Gasteiger partial charge in [0.2, 0.25) is 0 Å². The smallest absolute Gasteiger partial charge is 0.258 e. The van der Waals surface area contributed by atoms with E-state index in [0.29, 0.717) is 17.1 Å². The molecular weight excluding hydrogens is 364 g/mol. The fourth-order valence-corrected chi connectivity index (χ4v) is 3.15. The minimum Gasteiger partial charge on any atom is -0.496 e. The maximum absolute atomic E-state index is 12.7. The van der Waals surface area contributed by atoms with Crippen LogP contribution in [-0.4, -0.2) is 28.2 Å². The van der Waals surface area contributed by atoms with Crippen molar-refractivity contribution in [3.8, 4) is 28.3 Å². The number of pyridine rings is 1. The molecule has 0 fully saturated rings. The Kier molecular flexibility index (Phi) is 5.07. The van der Waals surface area contributed by atoms with Crippen LogP contribution in [0.1, 0.15) is 16.1 Å². The summed E-state index contributed by atoms with van der Waals surface area (Å²) < 4.78 is 5.38. The number of nitrogens with zero attached hydrogens (tertiary/aromatic N) is 2. The minimum absolute atomic E-state index is 0.257. The normalized spacial score (nSPS) is 10.6. The van der Waals surface area contributed by atoms with Gasteiger partial charge in [-0.25, -0.2) is 0 Å². The predicted molar refractivity (Wildman–Crippen MR) is 113 cm³/mol. The molecule has 0 aliphatic heterocycles. The Morgan fingerprint density at radius 1 is 1.00 bits per heavy atom. The lowest BCUT2D eigenvalue weighted by Gasteiger charge is -2.08. The van der Waals surface area contributed by atoms with Crippen LogP contribution in [0.5, 0.6) is 5.75 Å². The fraction of sp³-hybridized carbons (Fsp3) is 0.0870. The molecule has 6 heteroatoms. The van der Waals surface area contributed by atoms with Crippen LogP contribution in [0.25, 0.3) is 22.5 Å². The maximum atomic E-state index is 12.7. The minimum atomic E-state index is -0.257. The molecular formula is C23H20N4O2. The average Bonchev–Trinajstić information content (AvgIpc) is 3.22. The van der Waals surface area contributed by atoms with Crippen molar-refractivity contribution in [1.82, 2.24) is 15.2 Å². The lowest BCUT2D eigenvalue weighted by molar-refractivity contribution is 0.102. The van der Waals surface area contributed by atoms with E-state index in [4.69, 9.17) is 4.74 Å². The van der Waals surface area contributed by atoms with Crippen LogP contribution < -0.4 is 10.1 Å². The first kappa shape index (κ1) is 18.4. The number of aromatic amines is 1. The zero-order valence-corrected chi connectivity index (χ0v) is 16.1. The van der Waals surface area contributed by atoms with E-state index in [1.165, 1.54) is 0 Å². The van der Waals surface area contributed by atoms with E-state index in [1.54, 1.807) is 19.2 Å². The third-order valence-corrected chi connectivity index (χ3v) is 4.62. The number of para-hydroxylation sites is 1. The number of anilines is 1. The number of benzene rings is 2. The summed E-state index contributed by atoms with van der Waals surface area (Å²) >= 11 is 0. The van der Waals surface area contributed by atoms with Crippen LogP contribution in [0, 0.1) is 6.92 Å². The highest BCUT2D eigenvalue weighted by atomic mass is 16.5. The number of aromatic nitrogens is 3. The quantitative estimate of drug-likeness (QED) is 0.522. The van der Waals surface area contributed by atoms with Gasteiger partial charge < -0.3 is 10.1 Å². The van der Waals surface area contributed by atoms with Crippen molar-refractivity contribution in [3.05, 3.63) is 84.1 Å². The number of rotatable bonds is 5. The van der Waals surface area contributed by atoms with E-state index in [2.05, 4.69) is 20.5 Å². The second kappa shape index (κ2) is 7.98. The second-order valence-electron chi connectivity index (χ2n) is 6.52. The number of hydrogen-bond acceptors (Lipinski definition) is 4. The molecule has 4 rings (SSSR count). The molecule has 6 nitrogen and oxygen atoms in total. The van der Waals surface area contributed by atoms with Crippen molar-refractivity contribution < 1.29 is 9.53 Å². The molecule has 0 radical (unpaired) electrons. The van der Waals surface area contributed by atoms with Crippen LogP contribution in [-0.2, 0) is 0 Å². The number of aryl methyl sites for hydroxylation is 1. The van der Waals surface area contributed by atoms with Gasteiger partial charge in [-0.15, -0.1) is 0 Å². The number of ether oxygens (including phenoxy) is 1. The Bertz CT molecular complexity index is 1150. The van der Waals surface area contributed by atoms with Crippen molar-refractivity contribution >= 4 is 11.7 Å². The first-order valence-corrected chi connectivity index (χ1v) is 9.19. The lowest BCUT2D eigenvalue weighted by atomic mass is 10.1. The monoisotopic (exact) mass is 384 g/mol. The van der Waals surface area contributed by atoms with E-state index in [1.807, 2.05) is 67.6 Å². The van der Waals surface area contributed by atoms with Crippen LogP contribution in [0.15, 0.2) is 72.8 Å². The summed E-state index contributed by atoms with van der Waals surface area (Å²) in [7, 11) is 1.62. The molecule has 29 heavy (non-hydrogen) atoms. The van der Waals surface area contributed by atoms with Crippen LogP contribution in [0.4, 0.5) is 5.82 Å². The molecule has 0 aliphatic carbocycles. The summed E-state index contributed by atoms with van der Waals surface area (Å²) in [5.74, 6) is 0.903. The number of H-pyrrole nitrogens is 1. The van der Waals surface area contributed by atoms with E-state index in [-0.39, 0.29) is 5.91 Å². The van der Waals surface area contributed by atoms with E-state index >= 15 is 0 Å². The SMILES string of the molecule is COc1ccccc1-c1cc(NC(=O)c2ccc(-c3ccccc3)nc2C)n[nH]1. The molecule has 144 valence electrons. The number of carbonyl (C=O) groups excluding carboxylic acids is 1. The highest BCUT2D eigenvalue weighted by Gasteiger charge is 2.14. The Morgan fingerprint density at radius 3 is 2.52 bits per heavy atom. The molecule has 2 heterocycles. The summed E-state index contributed by atoms with van der Waals surface area (Å²) in [5.41, 5.74) is 4.63. The molecule has 4 aromatic rings. The van der Waals surface area contributed by atoms with Gasteiger partial charge in [0.05, 0.1) is 29.8 Å². The van der Waals surface area contributed by atoms with Crippen molar-refractivity contribution in [2.45, 2.75) is 6.92 Å². The summed E-state index contributed by atoms with van der Waals surface area (Å²) in [6, 6.07) is 22.9. The molecule has 1 amide bonds. The molecule has 0 aliphatic rings. The molecule has 2 N–H and O–H groups in total. The third-order valence-electron chi connectivity index (χ3n) is 4.62.